The molecule has 1 N–H and O–H groups in total. The number of nitrogens with zero attached hydrogens (tertiary/aromatic N) is 1. The second-order valence-corrected chi connectivity index (χ2v) is 4.16. The normalized spacial score (nSPS) is 21.5. The van der Waals surface area contributed by atoms with Crippen LogP contribution in [0.1, 0.15) is 18.4 Å². The summed E-state index contributed by atoms with van der Waals surface area (Å²) in [7, 11) is 0. The van der Waals surface area contributed by atoms with Crippen molar-refractivity contribution >= 4 is 11.6 Å². The molecule has 1 aromatic heterocycles. The van der Waals surface area contributed by atoms with Gasteiger partial charge in [-0.3, -0.25) is 0 Å². The van der Waals surface area contributed by atoms with Crippen molar-refractivity contribution < 1.29 is 4.74 Å². The van der Waals surface area contributed by atoms with Gasteiger partial charge in [-0.25, -0.2) is 4.98 Å². The molecule has 82 valence electrons. The zero-order valence-corrected chi connectivity index (χ0v) is 9.33. The molecule has 3 nitrogen and oxygen atoms in total. The van der Waals surface area contributed by atoms with Crippen molar-refractivity contribution in [3.63, 3.8) is 0 Å². The third kappa shape index (κ3) is 3.45. The third-order valence-corrected chi connectivity index (χ3v) is 2.75. The van der Waals surface area contributed by atoms with Gasteiger partial charge in [-0.2, -0.15) is 0 Å². The van der Waals surface area contributed by atoms with E-state index in [9.17, 15) is 0 Å². The molecule has 0 amide bonds. The van der Waals surface area contributed by atoms with E-state index in [0.29, 0.717) is 17.9 Å². The summed E-state index contributed by atoms with van der Waals surface area (Å²) in [6.45, 7) is 2.69. The zero-order chi connectivity index (χ0) is 10.5. The fourth-order valence-corrected chi connectivity index (χ4v) is 1.78. The van der Waals surface area contributed by atoms with Crippen LogP contribution >= 0.6 is 11.6 Å². The number of nitrogens with one attached hydrogen (secondary N) is 1. The molecule has 0 aromatic carbocycles. The Bertz CT molecular complexity index is 296. The van der Waals surface area contributed by atoms with E-state index in [2.05, 4.69) is 10.3 Å². The second kappa shape index (κ2) is 5.45. The van der Waals surface area contributed by atoms with Crippen LogP contribution in [0.25, 0.3) is 0 Å². The van der Waals surface area contributed by atoms with Crippen molar-refractivity contribution in [2.24, 2.45) is 0 Å². The number of aromatic nitrogens is 1. The third-order valence-electron chi connectivity index (χ3n) is 2.53. The first-order valence-corrected chi connectivity index (χ1v) is 5.65. The lowest BCUT2D eigenvalue weighted by molar-refractivity contribution is 0.0252. The van der Waals surface area contributed by atoms with Gasteiger partial charge in [0.25, 0.3) is 0 Å². The number of ether oxygens (including phenoxy) is 1. The summed E-state index contributed by atoms with van der Waals surface area (Å²) in [5, 5.41) is 3.84. The summed E-state index contributed by atoms with van der Waals surface area (Å²) in [6, 6.07) is 3.74. The molecule has 0 bridgehead atoms. The monoisotopic (exact) mass is 226 g/mol. The Morgan fingerprint density at radius 3 is 3.13 bits per heavy atom. The molecular weight excluding hydrogens is 212 g/mol. The van der Waals surface area contributed by atoms with Crippen molar-refractivity contribution in [2.75, 3.05) is 13.1 Å². The molecule has 4 heteroatoms. The lowest BCUT2D eigenvalue weighted by Crippen LogP contribution is -2.35. The molecular formula is C11H15ClN2O. The lowest BCUT2D eigenvalue weighted by atomic mass is 10.1. The topological polar surface area (TPSA) is 34.1 Å². The maximum Gasteiger partial charge on any atom is 0.129 e. The van der Waals surface area contributed by atoms with Gasteiger partial charge in [-0.1, -0.05) is 17.7 Å². The van der Waals surface area contributed by atoms with Gasteiger partial charge >= 0.3 is 0 Å². The van der Waals surface area contributed by atoms with Gasteiger partial charge in [0.2, 0.25) is 0 Å². The summed E-state index contributed by atoms with van der Waals surface area (Å²) < 4.78 is 5.76. The number of hydrogen-bond acceptors (Lipinski definition) is 3. The number of hydrogen-bond donors (Lipinski definition) is 1. The maximum absolute atomic E-state index is 5.76. The van der Waals surface area contributed by atoms with Crippen molar-refractivity contribution in [1.82, 2.24) is 10.3 Å². The van der Waals surface area contributed by atoms with Gasteiger partial charge in [0.1, 0.15) is 5.15 Å². The summed E-state index contributed by atoms with van der Waals surface area (Å²) in [5.41, 5.74) is 1.07. The smallest absolute Gasteiger partial charge is 0.129 e. The van der Waals surface area contributed by atoms with Crippen LogP contribution in [0.4, 0.5) is 0 Å². The van der Waals surface area contributed by atoms with Crippen LogP contribution in [0.3, 0.4) is 0 Å². The van der Waals surface area contributed by atoms with Crippen molar-refractivity contribution in [1.29, 1.82) is 0 Å². The highest BCUT2D eigenvalue weighted by molar-refractivity contribution is 6.29. The Morgan fingerprint density at radius 1 is 1.53 bits per heavy atom. The Morgan fingerprint density at radius 2 is 2.47 bits per heavy atom. The number of piperidine rings is 1. The van der Waals surface area contributed by atoms with Crippen LogP contribution in [-0.4, -0.2) is 24.2 Å². The number of halogens is 1. The molecule has 1 atom stereocenters. The van der Waals surface area contributed by atoms with E-state index in [1.54, 1.807) is 12.3 Å². The van der Waals surface area contributed by atoms with Crippen LogP contribution in [0.5, 0.6) is 0 Å². The highest BCUT2D eigenvalue weighted by Gasteiger charge is 2.12. The highest BCUT2D eigenvalue weighted by Crippen LogP contribution is 2.11. The number of pyridine rings is 1. The molecule has 0 spiro atoms. The minimum absolute atomic E-state index is 0.342. The van der Waals surface area contributed by atoms with E-state index < -0.39 is 0 Å². The highest BCUT2D eigenvalue weighted by atomic mass is 35.5. The average molecular weight is 227 g/mol. The molecule has 0 unspecified atom stereocenters. The predicted octanol–water partition coefficient (Wildman–Crippen LogP) is 2.00. The van der Waals surface area contributed by atoms with Crippen LogP contribution in [-0.2, 0) is 11.3 Å². The van der Waals surface area contributed by atoms with Crippen LogP contribution in [0, 0.1) is 0 Å². The first-order valence-electron chi connectivity index (χ1n) is 5.27. The first kappa shape index (κ1) is 10.9. The molecule has 1 fully saturated rings. The van der Waals surface area contributed by atoms with E-state index in [1.807, 2.05) is 6.07 Å². The van der Waals surface area contributed by atoms with Crippen LogP contribution in [0.2, 0.25) is 5.15 Å². The van der Waals surface area contributed by atoms with E-state index in [0.717, 1.165) is 25.1 Å². The summed E-state index contributed by atoms with van der Waals surface area (Å²) in [5.74, 6) is 0. The molecule has 15 heavy (non-hydrogen) atoms. The Labute approximate surface area is 94.8 Å². The van der Waals surface area contributed by atoms with Crippen LogP contribution in [0.15, 0.2) is 18.3 Å². The fourth-order valence-electron chi connectivity index (χ4n) is 1.67. The molecule has 1 aliphatic heterocycles. The minimum Gasteiger partial charge on any atom is -0.372 e. The summed E-state index contributed by atoms with van der Waals surface area (Å²) in [6.07, 6.45) is 4.45. The van der Waals surface area contributed by atoms with Gasteiger partial charge in [0.05, 0.1) is 12.7 Å². The number of rotatable bonds is 3. The molecule has 0 aliphatic carbocycles. The summed E-state index contributed by atoms with van der Waals surface area (Å²) in [4.78, 5) is 4.01. The predicted molar refractivity (Wildman–Crippen MR) is 59.9 cm³/mol. The minimum atomic E-state index is 0.342. The molecule has 1 saturated heterocycles. The molecule has 0 saturated carbocycles. The second-order valence-electron chi connectivity index (χ2n) is 3.77. The average Bonchev–Trinajstić information content (AvgIpc) is 2.30. The van der Waals surface area contributed by atoms with E-state index >= 15 is 0 Å². The Balaban J connectivity index is 1.79. The zero-order valence-electron chi connectivity index (χ0n) is 8.58. The van der Waals surface area contributed by atoms with Gasteiger partial charge in [-0.15, -0.1) is 0 Å². The Hall–Kier alpha value is -0.640. The maximum atomic E-state index is 5.76. The SMILES string of the molecule is Clc1ccc(CO[C@H]2CCCNC2)cn1. The van der Waals surface area contributed by atoms with Crippen molar-refractivity contribution in [3.05, 3.63) is 29.0 Å². The van der Waals surface area contributed by atoms with Crippen molar-refractivity contribution in [2.45, 2.75) is 25.6 Å². The van der Waals surface area contributed by atoms with Gasteiger partial charge in [0.15, 0.2) is 0 Å². The van der Waals surface area contributed by atoms with Gasteiger partial charge in [0, 0.05) is 12.7 Å². The molecule has 2 rings (SSSR count). The van der Waals surface area contributed by atoms with Gasteiger partial charge < -0.3 is 10.1 Å². The lowest BCUT2D eigenvalue weighted by Gasteiger charge is -2.22. The molecule has 1 aromatic rings. The first-order chi connectivity index (χ1) is 7.34. The molecule has 2 heterocycles. The molecule has 1 aliphatic rings. The molecule has 0 radical (unpaired) electrons. The van der Waals surface area contributed by atoms with E-state index in [-0.39, 0.29) is 0 Å². The quantitative estimate of drug-likeness (QED) is 0.801. The Kier molecular flexibility index (Phi) is 3.94. The van der Waals surface area contributed by atoms with E-state index in [1.165, 1.54) is 6.42 Å². The van der Waals surface area contributed by atoms with Crippen LogP contribution < -0.4 is 5.32 Å². The summed E-state index contributed by atoms with van der Waals surface area (Å²) >= 11 is 5.70. The standard InChI is InChI=1S/C11H15ClN2O/c12-11-4-3-9(6-14-11)8-15-10-2-1-5-13-7-10/h3-4,6,10,13H,1-2,5,7-8H2/t10-/m0/s1. The largest absolute Gasteiger partial charge is 0.372 e. The fraction of sp³-hybridized carbons (Fsp3) is 0.545. The van der Waals surface area contributed by atoms with Gasteiger partial charge in [-0.05, 0) is 31.0 Å². The van der Waals surface area contributed by atoms with E-state index in [4.69, 9.17) is 16.3 Å². The van der Waals surface area contributed by atoms with Crippen molar-refractivity contribution in [3.8, 4) is 0 Å².